The van der Waals surface area contributed by atoms with E-state index in [0.717, 1.165) is 29.5 Å². The standard InChI is InChI=1S/C15H18FN3S/c1-10-8-19(11(2)7-17-10)15-18-14(9-20-15)12-3-5-13(16)6-4-12/h3-6,9-11,17H,7-8H2,1-2H3/t10-,11-/m1/s1. The van der Waals surface area contributed by atoms with E-state index in [1.165, 1.54) is 12.1 Å². The highest BCUT2D eigenvalue weighted by atomic mass is 32.1. The number of hydrogen-bond acceptors (Lipinski definition) is 4. The zero-order chi connectivity index (χ0) is 14.1. The fourth-order valence-electron chi connectivity index (χ4n) is 2.44. The second kappa shape index (κ2) is 5.50. The second-order valence-corrected chi connectivity index (χ2v) is 6.17. The lowest BCUT2D eigenvalue weighted by Crippen LogP contribution is -2.54. The zero-order valence-electron chi connectivity index (χ0n) is 11.6. The fraction of sp³-hybridized carbons (Fsp3) is 0.400. The van der Waals surface area contributed by atoms with Crippen LogP contribution in [0.1, 0.15) is 13.8 Å². The first kappa shape index (κ1) is 13.5. The molecule has 106 valence electrons. The van der Waals surface area contributed by atoms with Crippen molar-refractivity contribution in [2.45, 2.75) is 25.9 Å². The number of nitrogens with zero attached hydrogens (tertiary/aromatic N) is 2. The van der Waals surface area contributed by atoms with E-state index in [1.807, 2.05) is 5.38 Å². The van der Waals surface area contributed by atoms with Crippen LogP contribution in [0, 0.1) is 5.82 Å². The Hall–Kier alpha value is -1.46. The maximum Gasteiger partial charge on any atom is 0.186 e. The van der Waals surface area contributed by atoms with Gasteiger partial charge < -0.3 is 10.2 Å². The summed E-state index contributed by atoms with van der Waals surface area (Å²) < 4.78 is 13.0. The monoisotopic (exact) mass is 291 g/mol. The average molecular weight is 291 g/mol. The Labute approximate surface area is 122 Å². The fourth-order valence-corrected chi connectivity index (χ4v) is 3.38. The van der Waals surface area contributed by atoms with E-state index in [-0.39, 0.29) is 5.82 Å². The van der Waals surface area contributed by atoms with Crippen molar-refractivity contribution in [2.24, 2.45) is 0 Å². The summed E-state index contributed by atoms with van der Waals surface area (Å²) in [4.78, 5) is 7.06. The maximum absolute atomic E-state index is 13.0. The van der Waals surface area contributed by atoms with E-state index < -0.39 is 0 Å². The lowest BCUT2D eigenvalue weighted by Gasteiger charge is -2.37. The number of thiazole rings is 1. The number of benzene rings is 1. The summed E-state index contributed by atoms with van der Waals surface area (Å²) in [5.41, 5.74) is 1.88. The van der Waals surface area contributed by atoms with E-state index >= 15 is 0 Å². The number of anilines is 1. The van der Waals surface area contributed by atoms with Crippen molar-refractivity contribution >= 4 is 16.5 Å². The molecular formula is C15H18FN3S. The minimum Gasteiger partial charge on any atom is -0.343 e. The predicted octanol–water partition coefficient (Wildman–Crippen LogP) is 3.14. The van der Waals surface area contributed by atoms with Crippen LogP contribution >= 0.6 is 11.3 Å². The molecule has 5 heteroatoms. The number of nitrogens with one attached hydrogen (secondary N) is 1. The first-order chi connectivity index (χ1) is 9.63. The van der Waals surface area contributed by atoms with Crippen molar-refractivity contribution in [3.63, 3.8) is 0 Å². The molecule has 3 rings (SSSR count). The highest BCUT2D eigenvalue weighted by Gasteiger charge is 2.24. The molecule has 1 saturated heterocycles. The van der Waals surface area contributed by atoms with E-state index in [0.29, 0.717) is 12.1 Å². The molecule has 1 aliphatic rings. The smallest absolute Gasteiger partial charge is 0.186 e. The molecule has 0 amide bonds. The third-order valence-corrected chi connectivity index (χ3v) is 4.52. The molecular weight excluding hydrogens is 273 g/mol. The SMILES string of the molecule is C[C@@H]1CN(c2nc(-c3ccc(F)cc3)cs2)[C@H](C)CN1. The molecule has 0 unspecified atom stereocenters. The van der Waals surface area contributed by atoms with Gasteiger partial charge in [0.15, 0.2) is 5.13 Å². The van der Waals surface area contributed by atoms with Gasteiger partial charge >= 0.3 is 0 Å². The van der Waals surface area contributed by atoms with E-state index in [2.05, 4.69) is 24.1 Å². The number of hydrogen-bond donors (Lipinski definition) is 1. The number of piperazine rings is 1. The van der Waals surface area contributed by atoms with Gasteiger partial charge in [-0.05, 0) is 38.1 Å². The van der Waals surface area contributed by atoms with Crippen molar-refractivity contribution in [2.75, 3.05) is 18.0 Å². The first-order valence-electron chi connectivity index (χ1n) is 6.85. The molecule has 1 fully saturated rings. The summed E-state index contributed by atoms with van der Waals surface area (Å²) in [6.07, 6.45) is 0. The third kappa shape index (κ3) is 2.69. The van der Waals surface area contributed by atoms with Crippen LogP contribution in [0.2, 0.25) is 0 Å². The molecule has 2 atom stereocenters. The summed E-state index contributed by atoms with van der Waals surface area (Å²) in [5.74, 6) is -0.214. The quantitative estimate of drug-likeness (QED) is 0.921. The first-order valence-corrected chi connectivity index (χ1v) is 7.73. The molecule has 3 nitrogen and oxygen atoms in total. The van der Waals surface area contributed by atoms with Crippen LogP contribution in [0.15, 0.2) is 29.6 Å². The molecule has 1 aliphatic heterocycles. The van der Waals surface area contributed by atoms with Crippen LogP contribution in [0.3, 0.4) is 0 Å². The lowest BCUT2D eigenvalue weighted by atomic mass is 10.1. The largest absolute Gasteiger partial charge is 0.343 e. The molecule has 0 saturated carbocycles. The Morgan fingerprint density at radius 1 is 1.30 bits per heavy atom. The molecule has 1 N–H and O–H groups in total. The van der Waals surface area contributed by atoms with E-state index in [1.54, 1.807) is 23.5 Å². The van der Waals surface area contributed by atoms with Gasteiger partial charge in [0, 0.05) is 36.1 Å². The summed E-state index contributed by atoms with van der Waals surface area (Å²) in [5, 5.41) is 6.56. The molecule has 1 aromatic heterocycles. The van der Waals surface area contributed by atoms with Gasteiger partial charge in [0.05, 0.1) is 5.69 Å². The van der Waals surface area contributed by atoms with Gasteiger partial charge in [0.2, 0.25) is 0 Å². The normalized spacial score (nSPS) is 23.1. The number of rotatable bonds is 2. The van der Waals surface area contributed by atoms with Crippen molar-refractivity contribution in [3.05, 3.63) is 35.5 Å². The van der Waals surface area contributed by atoms with Crippen molar-refractivity contribution in [1.82, 2.24) is 10.3 Å². The maximum atomic E-state index is 13.0. The Kier molecular flexibility index (Phi) is 3.72. The van der Waals surface area contributed by atoms with Crippen LogP contribution in [0.4, 0.5) is 9.52 Å². The summed E-state index contributed by atoms with van der Waals surface area (Å²) >= 11 is 1.65. The average Bonchev–Trinajstić information content (AvgIpc) is 2.92. The predicted molar refractivity (Wildman–Crippen MR) is 81.8 cm³/mol. The van der Waals surface area contributed by atoms with Crippen LogP contribution in [0.25, 0.3) is 11.3 Å². The van der Waals surface area contributed by atoms with Gasteiger partial charge in [-0.15, -0.1) is 11.3 Å². The van der Waals surface area contributed by atoms with Crippen molar-refractivity contribution in [3.8, 4) is 11.3 Å². The van der Waals surface area contributed by atoms with E-state index in [9.17, 15) is 4.39 Å². The number of halogens is 1. The van der Waals surface area contributed by atoms with Crippen LogP contribution in [0.5, 0.6) is 0 Å². The Morgan fingerprint density at radius 2 is 2.05 bits per heavy atom. The Bertz CT molecular complexity index is 581. The van der Waals surface area contributed by atoms with Gasteiger partial charge in [-0.3, -0.25) is 0 Å². The highest BCUT2D eigenvalue weighted by Crippen LogP contribution is 2.29. The van der Waals surface area contributed by atoms with Crippen LogP contribution in [-0.4, -0.2) is 30.2 Å². The van der Waals surface area contributed by atoms with Gasteiger partial charge in [-0.1, -0.05) is 0 Å². The topological polar surface area (TPSA) is 28.2 Å². The minimum absolute atomic E-state index is 0.214. The van der Waals surface area contributed by atoms with Crippen LogP contribution < -0.4 is 10.2 Å². The molecule has 0 bridgehead atoms. The second-order valence-electron chi connectivity index (χ2n) is 5.33. The molecule has 20 heavy (non-hydrogen) atoms. The summed E-state index contributed by atoms with van der Waals surface area (Å²) in [6, 6.07) is 7.42. The summed E-state index contributed by atoms with van der Waals surface area (Å²) in [7, 11) is 0. The molecule has 1 aromatic carbocycles. The molecule has 0 radical (unpaired) electrons. The molecule has 2 heterocycles. The van der Waals surface area contributed by atoms with Crippen molar-refractivity contribution in [1.29, 1.82) is 0 Å². The van der Waals surface area contributed by atoms with Crippen molar-refractivity contribution < 1.29 is 4.39 Å². The zero-order valence-corrected chi connectivity index (χ0v) is 12.5. The molecule has 0 aliphatic carbocycles. The Balaban J connectivity index is 1.84. The Morgan fingerprint density at radius 3 is 2.80 bits per heavy atom. The molecule has 0 spiro atoms. The van der Waals surface area contributed by atoms with Gasteiger partial charge in [-0.2, -0.15) is 0 Å². The lowest BCUT2D eigenvalue weighted by molar-refractivity contribution is 0.425. The highest BCUT2D eigenvalue weighted by molar-refractivity contribution is 7.14. The van der Waals surface area contributed by atoms with Gasteiger partial charge in [0.25, 0.3) is 0 Å². The van der Waals surface area contributed by atoms with Crippen LogP contribution in [-0.2, 0) is 0 Å². The van der Waals surface area contributed by atoms with Gasteiger partial charge in [0.1, 0.15) is 5.82 Å². The minimum atomic E-state index is -0.214. The third-order valence-electron chi connectivity index (χ3n) is 3.64. The molecule has 2 aromatic rings. The number of aromatic nitrogens is 1. The van der Waals surface area contributed by atoms with Gasteiger partial charge in [-0.25, -0.2) is 9.37 Å². The summed E-state index contributed by atoms with van der Waals surface area (Å²) in [6.45, 7) is 6.34. The van der Waals surface area contributed by atoms with E-state index in [4.69, 9.17) is 4.98 Å².